The molecule has 136 valence electrons. The normalized spacial score (nSPS) is 11.1. The molecule has 0 spiro atoms. The van der Waals surface area contributed by atoms with Gasteiger partial charge in [0.05, 0.1) is 5.75 Å². The summed E-state index contributed by atoms with van der Waals surface area (Å²) in [7, 11) is 0. The molecule has 0 aliphatic carbocycles. The number of aryl methyl sites for hydroxylation is 4. The number of aromatic nitrogens is 4. The van der Waals surface area contributed by atoms with Crippen LogP contribution >= 0.6 is 11.8 Å². The summed E-state index contributed by atoms with van der Waals surface area (Å²) in [6.07, 6.45) is 0.667. The number of hydrogen-bond acceptors (Lipinski definition) is 5. The molecule has 0 bridgehead atoms. The summed E-state index contributed by atoms with van der Waals surface area (Å²) in [6, 6.07) is 5.62. The van der Waals surface area contributed by atoms with Crippen molar-refractivity contribution < 1.29 is 4.79 Å². The van der Waals surface area contributed by atoms with Crippen LogP contribution in [0.1, 0.15) is 29.3 Å². The first-order chi connectivity index (χ1) is 12.4. The van der Waals surface area contributed by atoms with Crippen molar-refractivity contribution in [3.63, 3.8) is 0 Å². The van der Waals surface area contributed by atoms with E-state index in [2.05, 4.69) is 20.5 Å². The van der Waals surface area contributed by atoms with E-state index >= 15 is 0 Å². The molecule has 0 saturated carbocycles. The lowest BCUT2D eigenvalue weighted by atomic mass is 10.1. The average Bonchev–Trinajstić information content (AvgIpc) is 2.98. The van der Waals surface area contributed by atoms with Crippen LogP contribution in [-0.2, 0) is 11.2 Å². The molecule has 26 heavy (non-hydrogen) atoms. The van der Waals surface area contributed by atoms with E-state index < -0.39 is 0 Å². The van der Waals surface area contributed by atoms with Crippen LogP contribution in [0.25, 0.3) is 5.78 Å². The first-order valence-corrected chi connectivity index (χ1v) is 9.35. The van der Waals surface area contributed by atoms with E-state index in [1.807, 2.05) is 39.8 Å². The molecule has 0 atom stereocenters. The van der Waals surface area contributed by atoms with Crippen molar-refractivity contribution in [1.29, 1.82) is 0 Å². The monoisotopic (exact) mass is 371 g/mol. The summed E-state index contributed by atoms with van der Waals surface area (Å²) in [5.41, 5.74) is 4.71. The molecule has 2 aromatic heterocycles. The predicted molar refractivity (Wildman–Crippen MR) is 103 cm³/mol. The Labute approximate surface area is 155 Å². The molecule has 2 N–H and O–H groups in total. The molecule has 0 unspecified atom stereocenters. The second-order valence-corrected chi connectivity index (χ2v) is 7.17. The van der Waals surface area contributed by atoms with E-state index in [4.69, 9.17) is 0 Å². The first-order valence-electron chi connectivity index (χ1n) is 8.37. The fraction of sp³-hybridized carbons (Fsp3) is 0.333. The summed E-state index contributed by atoms with van der Waals surface area (Å²) >= 11 is 1.29. The number of anilines is 1. The zero-order valence-corrected chi connectivity index (χ0v) is 16.0. The Morgan fingerprint density at radius 2 is 1.88 bits per heavy atom. The molecule has 0 aliphatic rings. The van der Waals surface area contributed by atoms with Gasteiger partial charge in [-0.1, -0.05) is 36.4 Å². The number of aromatic amines is 1. The predicted octanol–water partition coefficient (Wildman–Crippen LogP) is 2.64. The van der Waals surface area contributed by atoms with Gasteiger partial charge in [-0.2, -0.15) is 0 Å². The summed E-state index contributed by atoms with van der Waals surface area (Å²) < 4.78 is 1.78. The van der Waals surface area contributed by atoms with Gasteiger partial charge in [-0.15, -0.1) is 10.2 Å². The highest BCUT2D eigenvalue weighted by atomic mass is 32.2. The standard InChI is InChI=1S/C18H21N5O2S/c1-5-13-8-14(24)20-17-21-22-18(23(13)17)26-9-15(25)19-16-11(3)6-10(2)7-12(16)4/h6-8H,5,9H2,1-4H3,(H,19,25)(H,20,21,24). The van der Waals surface area contributed by atoms with Gasteiger partial charge in [0.15, 0.2) is 5.16 Å². The second-order valence-electron chi connectivity index (χ2n) is 6.23. The third-order valence-corrected chi connectivity index (χ3v) is 5.02. The second kappa shape index (κ2) is 7.33. The third kappa shape index (κ3) is 3.65. The van der Waals surface area contributed by atoms with Gasteiger partial charge in [-0.25, -0.2) is 0 Å². The minimum atomic E-state index is -0.207. The maximum atomic E-state index is 12.4. The van der Waals surface area contributed by atoms with Crippen LogP contribution in [-0.4, -0.2) is 31.2 Å². The summed E-state index contributed by atoms with van der Waals surface area (Å²) in [6.45, 7) is 7.96. The highest BCUT2D eigenvalue weighted by Crippen LogP contribution is 2.23. The maximum Gasteiger partial charge on any atom is 0.252 e. The fourth-order valence-electron chi connectivity index (χ4n) is 3.01. The van der Waals surface area contributed by atoms with Gasteiger partial charge in [-0.3, -0.25) is 19.0 Å². The number of H-pyrrole nitrogens is 1. The van der Waals surface area contributed by atoms with Gasteiger partial charge in [0.2, 0.25) is 11.7 Å². The van der Waals surface area contributed by atoms with Crippen LogP contribution in [0, 0.1) is 20.8 Å². The van der Waals surface area contributed by atoms with Crippen molar-refractivity contribution in [2.24, 2.45) is 0 Å². The molecule has 1 aromatic carbocycles. The summed E-state index contributed by atoms with van der Waals surface area (Å²) in [5, 5.41) is 11.7. The van der Waals surface area contributed by atoms with Crippen molar-refractivity contribution in [3.8, 4) is 0 Å². The SMILES string of the molecule is CCc1cc(=O)[nH]c2nnc(SCC(=O)Nc3c(C)cc(C)cc3C)n12. The third-order valence-electron chi connectivity index (χ3n) is 4.09. The average molecular weight is 371 g/mol. The topological polar surface area (TPSA) is 92.2 Å². The number of carbonyl (C=O) groups is 1. The minimum Gasteiger partial charge on any atom is -0.325 e. The number of thioether (sulfide) groups is 1. The van der Waals surface area contributed by atoms with Gasteiger partial charge in [0, 0.05) is 17.4 Å². The van der Waals surface area contributed by atoms with Gasteiger partial charge < -0.3 is 5.32 Å². The van der Waals surface area contributed by atoms with Gasteiger partial charge in [0.1, 0.15) is 0 Å². The number of carbonyl (C=O) groups excluding carboxylic acids is 1. The molecular formula is C18H21N5O2S. The number of nitrogens with one attached hydrogen (secondary N) is 2. The number of fused-ring (bicyclic) bond motifs is 1. The lowest BCUT2D eigenvalue weighted by molar-refractivity contribution is -0.113. The molecule has 1 amide bonds. The molecule has 0 radical (unpaired) electrons. The van der Waals surface area contributed by atoms with Crippen molar-refractivity contribution in [1.82, 2.24) is 19.6 Å². The smallest absolute Gasteiger partial charge is 0.252 e. The molecule has 3 aromatic rings. The van der Waals surface area contributed by atoms with Crippen molar-refractivity contribution in [2.45, 2.75) is 39.3 Å². The molecular weight excluding hydrogens is 350 g/mol. The van der Waals surface area contributed by atoms with Gasteiger partial charge >= 0.3 is 0 Å². The Morgan fingerprint density at radius 3 is 2.54 bits per heavy atom. The molecule has 0 aliphatic heterocycles. The summed E-state index contributed by atoms with van der Waals surface area (Å²) in [5.74, 6) is 0.488. The van der Waals surface area contributed by atoms with E-state index in [0.717, 1.165) is 22.5 Å². The number of rotatable bonds is 5. The highest BCUT2D eigenvalue weighted by Gasteiger charge is 2.14. The van der Waals surface area contributed by atoms with Crippen LogP contribution in [0.3, 0.4) is 0 Å². The van der Waals surface area contributed by atoms with Gasteiger partial charge in [-0.05, 0) is 38.3 Å². The summed E-state index contributed by atoms with van der Waals surface area (Å²) in [4.78, 5) is 26.7. The largest absolute Gasteiger partial charge is 0.325 e. The van der Waals surface area contributed by atoms with Crippen LogP contribution < -0.4 is 10.9 Å². The Hall–Kier alpha value is -2.61. The Bertz CT molecular complexity index is 1010. The number of amides is 1. The fourth-order valence-corrected chi connectivity index (χ4v) is 3.77. The first kappa shape index (κ1) is 18.2. The van der Waals surface area contributed by atoms with E-state index in [1.54, 1.807) is 4.40 Å². The molecule has 0 fully saturated rings. The number of nitrogens with zero attached hydrogens (tertiary/aromatic N) is 3. The zero-order chi connectivity index (χ0) is 18.8. The van der Waals surface area contributed by atoms with Gasteiger partial charge in [0.25, 0.3) is 5.56 Å². The molecule has 0 saturated heterocycles. The van der Waals surface area contributed by atoms with Crippen molar-refractivity contribution in [3.05, 3.63) is 50.9 Å². The Balaban J connectivity index is 1.77. The lowest BCUT2D eigenvalue weighted by Crippen LogP contribution is -2.16. The van der Waals surface area contributed by atoms with E-state index in [-0.39, 0.29) is 17.2 Å². The zero-order valence-electron chi connectivity index (χ0n) is 15.2. The molecule has 2 heterocycles. The minimum absolute atomic E-state index is 0.107. The lowest BCUT2D eigenvalue weighted by Gasteiger charge is -2.12. The number of hydrogen-bond donors (Lipinski definition) is 2. The van der Waals surface area contributed by atoms with Crippen LogP contribution in [0.2, 0.25) is 0 Å². The number of benzene rings is 1. The Morgan fingerprint density at radius 1 is 1.19 bits per heavy atom. The molecule has 8 heteroatoms. The van der Waals surface area contributed by atoms with Crippen LogP contribution in [0.15, 0.2) is 28.2 Å². The van der Waals surface area contributed by atoms with Crippen LogP contribution in [0.5, 0.6) is 0 Å². The van der Waals surface area contributed by atoms with Crippen molar-refractivity contribution in [2.75, 3.05) is 11.1 Å². The Kier molecular flexibility index (Phi) is 5.13. The van der Waals surface area contributed by atoms with Crippen LogP contribution in [0.4, 0.5) is 5.69 Å². The van der Waals surface area contributed by atoms with E-state index in [9.17, 15) is 9.59 Å². The van der Waals surface area contributed by atoms with E-state index in [1.165, 1.54) is 23.4 Å². The highest BCUT2D eigenvalue weighted by molar-refractivity contribution is 7.99. The molecule has 7 nitrogen and oxygen atoms in total. The maximum absolute atomic E-state index is 12.4. The van der Waals surface area contributed by atoms with Crippen molar-refractivity contribution >= 4 is 29.1 Å². The molecule has 3 rings (SSSR count). The van der Waals surface area contributed by atoms with E-state index in [0.29, 0.717) is 17.4 Å². The quantitative estimate of drug-likeness (QED) is 0.673.